The largest absolute Gasteiger partial charge is 0.460 e. The third-order valence-corrected chi connectivity index (χ3v) is 3.47. The van der Waals surface area contributed by atoms with Gasteiger partial charge in [0.15, 0.2) is 0 Å². The van der Waals surface area contributed by atoms with E-state index in [1.54, 1.807) is 0 Å². The number of furan rings is 1. The van der Waals surface area contributed by atoms with Crippen LogP contribution in [0.5, 0.6) is 0 Å². The summed E-state index contributed by atoms with van der Waals surface area (Å²) in [4.78, 5) is 0. The second-order valence-corrected chi connectivity index (χ2v) is 5.22. The first kappa shape index (κ1) is 16.3. The Morgan fingerprint density at radius 3 is 2.27 bits per heavy atom. The quantitative estimate of drug-likeness (QED) is 0.719. The van der Waals surface area contributed by atoms with Crippen molar-refractivity contribution in [1.29, 1.82) is 0 Å². The molecule has 0 aliphatic heterocycles. The van der Waals surface area contributed by atoms with Crippen LogP contribution in [-0.4, -0.2) is 0 Å². The Morgan fingerprint density at radius 1 is 0.818 bits per heavy atom. The molecular formula is C19H20ClNO. The average molecular weight is 314 g/mol. The summed E-state index contributed by atoms with van der Waals surface area (Å²) in [6, 6.07) is 22.8. The Kier molecular flexibility index (Phi) is 5.82. The standard InChI is InChI=1S/C19H19NO.ClH/c1-15-7-9-16(10-8-15)13-20-14-18-11-12-19(21-18)17-5-3-2-4-6-17;/h2-12,20H,13-14H2,1H3;1H. The lowest BCUT2D eigenvalue weighted by atomic mass is 10.1. The Hall–Kier alpha value is -2.03. The van der Waals surface area contributed by atoms with Crippen molar-refractivity contribution in [2.24, 2.45) is 0 Å². The smallest absolute Gasteiger partial charge is 0.134 e. The van der Waals surface area contributed by atoms with Gasteiger partial charge >= 0.3 is 0 Å². The molecule has 0 aliphatic carbocycles. The SMILES string of the molecule is Cc1ccc(CNCc2ccc(-c3ccccc3)o2)cc1.Cl. The molecule has 1 heterocycles. The zero-order chi connectivity index (χ0) is 14.5. The molecule has 3 aromatic rings. The monoisotopic (exact) mass is 313 g/mol. The van der Waals surface area contributed by atoms with Gasteiger partial charge in [0.05, 0.1) is 6.54 Å². The van der Waals surface area contributed by atoms with E-state index in [2.05, 4.69) is 48.6 Å². The van der Waals surface area contributed by atoms with E-state index in [1.807, 2.05) is 30.3 Å². The van der Waals surface area contributed by atoms with Crippen molar-refractivity contribution < 1.29 is 4.42 Å². The van der Waals surface area contributed by atoms with Crippen LogP contribution >= 0.6 is 12.4 Å². The number of rotatable bonds is 5. The van der Waals surface area contributed by atoms with Gasteiger partial charge in [0.1, 0.15) is 11.5 Å². The number of nitrogens with one attached hydrogen (secondary N) is 1. The van der Waals surface area contributed by atoms with Crippen LogP contribution in [-0.2, 0) is 13.1 Å². The highest BCUT2D eigenvalue weighted by Crippen LogP contribution is 2.21. The van der Waals surface area contributed by atoms with Crippen LogP contribution in [0.25, 0.3) is 11.3 Å². The van der Waals surface area contributed by atoms with E-state index in [0.717, 1.165) is 30.2 Å². The Morgan fingerprint density at radius 2 is 1.55 bits per heavy atom. The van der Waals surface area contributed by atoms with Gasteiger partial charge in [0, 0.05) is 12.1 Å². The molecule has 3 heteroatoms. The van der Waals surface area contributed by atoms with E-state index in [4.69, 9.17) is 4.42 Å². The fourth-order valence-electron chi connectivity index (χ4n) is 2.27. The summed E-state index contributed by atoms with van der Waals surface area (Å²) in [6.07, 6.45) is 0. The summed E-state index contributed by atoms with van der Waals surface area (Å²) in [5, 5.41) is 3.41. The maximum absolute atomic E-state index is 5.86. The van der Waals surface area contributed by atoms with Crippen molar-refractivity contribution in [2.75, 3.05) is 0 Å². The van der Waals surface area contributed by atoms with Crippen molar-refractivity contribution in [1.82, 2.24) is 5.32 Å². The van der Waals surface area contributed by atoms with Gasteiger partial charge in [-0.15, -0.1) is 12.4 Å². The minimum atomic E-state index is 0. The zero-order valence-corrected chi connectivity index (χ0v) is 13.4. The van der Waals surface area contributed by atoms with E-state index < -0.39 is 0 Å². The van der Waals surface area contributed by atoms with E-state index in [1.165, 1.54) is 11.1 Å². The molecule has 0 spiro atoms. The molecule has 0 amide bonds. The fourth-order valence-corrected chi connectivity index (χ4v) is 2.27. The molecule has 2 nitrogen and oxygen atoms in total. The highest BCUT2D eigenvalue weighted by atomic mass is 35.5. The number of hydrogen-bond acceptors (Lipinski definition) is 2. The zero-order valence-electron chi connectivity index (χ0n) is 12.6. The first-order valence-corrected chi connectivity index (χ1v) is 7.22. The summed E-state index contributed by atoms with van der Waals surface area (Å²) in [7, 11) is 0. The molecule has 114 valence electrons. The molecule has 2 aromatic carbocycles. The van der Waals surface area contributed by atoms with Crippen LogP contribution in [0.3, 0.4) is 0 Å². The predicted molar refractivity (Wildman–Crippen MR) is 93.1 cm³/mol. The third-order valence-electron chi connectivity index (χ3n) is 3.47. The van der Waals surface area contributed by atoms with Crippen molar-refractivity contribution >= 4 is 12.4 Å². The number of halogens is 1. The summed E-state index contributed by atoms with van der Waals surface area (Å²) in [5.74, 6) is 1.88. The Bertz CT molecular complexity index is 689. The van der Waals surface area contributed by atoms with Gasteiger partial charge in [0.2, 0.25) is 0 Å². The van der Waals surface area contributed by atoms with E-state index >= 15 is 0 Å². The Balaban J connectivity index is 0.00000176. The second kappa shape index (κ2) is 7.83. The lowest BCUT2D eigenvalue weighted by Crippen LogP contribution is -2.11. The molecule has 0 atom stereocenters. The summed E-state index contributed by atoms with van der Waals surface area (Å²) >= 11 is 0. The fraction of sp³-hybridized carbons (Fsp3) is 0.158. The molecule has 0 fully saturated rings. The summed E-state index contributed by atoms with van der Waals surface area (Å²) in [6.45, 7) is 3.69. The van der Waals surface area contributed by atoms with Crippen LogP contribution < -0.4 is 5.32 Å². The first-order chi connectivity index (χ1) is 10.3. The molecule has 0 radical (unpaired) electrons. The van der Waals surface area contributed by atoms with Crippen LogP contribution in [0.15, 0.2) is 71.1 Å². The van der Waals surface area contributed by atoms with Crippen LogP contribution in [0.1, 0.15) is 16.9 Å². The Labute approximate surface area is 137 Å². The van der Waals surface area contributed by atoms with Gasteiger partial charge in [-0.05, 0) is 24.6 Å². The van der Waals surface area contributed by atoms with Crippen molar-refractivity contribution in [3.8, 4) is 11.3 Å². The summed E-state index contributed by atoms with van der Waals surface area (Å²) < 4.78 is 5.86. The van der Waals surface area contributed by atoms with E-state index in [0.29, 0.717) is 0 Å². The molecule has 0 aliphatic rings. The van der Waals surface area contributed by atoms with Gasteiger partial charge in [-0.1, -0.05) is 60.2 Å². The minimum absolute atomic E-state index is 0. The molecule has 1 aromatic heterocycles. The lowest BCUT2D eigenvalue weighted by molar-refractivity contribution is 0.493. The summed E-state index contributed by atoms with van der Waals surface area (Å²) in [5.41, 5.74) is 3.69. The lowest BCUT2D eigenvalue weighted by Gasteiger charge is -2.03. The van der Waals surface area contributed by atoms with Crippen molar-refractivity contribution in [3.63, 3.8) is 0 Å². The number of benzene rings is 2. The van der Waals surface area contributed by atoms with Crippen molar-refractivity contribution in [2.45, 2.75) is 20.0 Å². The number of hydrogen-bond donors (Lipinski definition) is 1. The molecule has 22 heavy (non-hydrogen) atoms. The number of aryl methyl sites for hydroxylation is 1. The van der Waals surface area contributed by atoms with Crippen molar-refractivity contribution in [3.05, 3.63) is 83.6 Å². The van der Waals surface area contributed by atoms with Gasteiger partial charge < -0.3 is 9.73 Å². The topological polar surface area (TPSA) is 25.2 Å². The highest BCUT2D eigenvalue weighted by molar-refractivity contribution is 5.85. The van der Waals surface area contributed by atoms with E-state index in [-0.39, 0.29) is 12.4 Å². The van der Waals surface area contributed by atoms with Crippen LogP contribution in [0.2, 0.25) is 0 Å². The van der Waals surface area contributed by atoms with Gasteiger partial charge in [0.25, 0.3) is 0 Å². The molecule has 3 rings (SSSR count). The van der Waals surface area contributed by atoms with Gasteiger partial charge in [-0.3, -0.25) is 0 Å². The molecular weight excluding hydrogens is 294 g/mol. The molecule has 0 unspecified atom stereocenters. The highest BCUT2D eigenvalue weighted by Gasteiger charge is 2.03. The third kappa shape index (κ3) is 4.23. The molecule has 0 saturated carbocycles. The van der Waals surface area contributed by atoms with E-state index in [9.17, 15) is 0 Å². The van der Waals surface area contributed by atoms with Gasteiger partial charge in [-0.25, -0.2) is 0 Å². The molecule has 1 N–H and O–H groups in total. The molecule has 0 bridgehead atoms. The average Bonchev–Trinajstić information content (AvgIpc) is 2.99. The maximum Gasteiger partial charge on any atom is 0.134 e. The van der Waals surface area contributed by atoms with Crippen LogP contribution in [0, 0.1) is 6.92 Å². The van der Waals surface area contributed by atoms with Gasteiger partial charge in [-0.2, -0.15) is 0 Å². The molecule has 0 saturated heterocycles. The maximum atomic E-state index is 5.86. The second-order valence-electron chi connectivity index (χ2n) is 5.22. The van der Waals surface area contributed by atoms with Crippen LogP contribution in [0.4, 0.5) is 0 Å². The minimum Gasteiger partial charge on any atom is -0.460 e. The normalized spacial score (nSPS) is 10.2. The predicted octanol–water partition coefficient (Wildman–Crippen LogP) is 4.97. The first-order valence-electron chi connectivity index (χ1n) is 7.22.